The zero-order valence-electron chi connectivity index (χ0n) is 14.9. The molecule has 2 rings (SSSR count). The average molecular weight is 363 g/mol. The molecule has 4 nitrogen and oxygen atoms in total. The van der Waals surface area contributed by atoms with E-state index in [2.05, 4.69) is 5.32 Å². The number of carbonyl (C=O) groups is 1. The van der Waals surface area contributed by atoms with Crippen molar-refractivity contribution in [2.75, 3.05) is 13.7 Å². The van der Waals surface area contributed by atoms with E-state index in [1.54, 1.807) is 7.11 Å². The monoisotopic (exact) mass is 363 g/mol. The molecule has 1 unspecified atom stereocenters. The van der Waals surface area contributed by atoms with Crippen LogP contribution in [0.4, 0.5) is 8.78 Å². The maximum atomic E-state index is 13.4. The molecule has 6 heteroatoms. The van der Waals surface area contributed by atoms with E-state index in [4.69, 9.17) is 9.47 Å². The maximum Gasteiger partial charge on any atom is 0.220 e. The third kappa shape index (κ3) is 6.35. The van der Waals surface area contributed by atoms with Gasteiger partial charge in [0.25, 0.3) is 0 Å². The standard InChI is InChI=1S/C20H23F2NO3/c1-14(11-15-5-3-6-17(12-15)25-2)23-20(24)7-4-10-26-19-9-8-16(21)13-18(19)22/h3,5-6,8-9,12-14H,4,7,10-11H2,1-2H3,(H,23,24). The molecule has 140 valence electrons. The smallest absolute Gasteiger partial charge is 0.220 e. The van der Waals surface area contributed by atoms with Crippen LogP contribution in [-0.4, -0.2) is 25.7 Å². The molecule has 0 saturated carbocycles. The van der Waals surface area contributed by atoms with Crippen molar-refractivity contribution >= 4 is 5.91 Å². The van der Waals surface area contributed by atoms with Gasteiger partial charge in [0.2, 0.25) is 5.91 Å². The summed E-state index contributed by atoms with van der Waals surface area (Å²) < 4.78 is 36.6. The number of benzene rings is 2. The Balaban J connectivity index is 1.69. The molecular formula is C20H23F2NO3. The van der Waals surface area contributed by atoms with Gasteiger partial charge in [-0.15, -0.1) is 0 Å². The average Bonchev–Trinajstić information content (AvgIpc) is 2.60. The zero-order chi connectivity index (χ0) is 18.9. The van der Waals surface area contributed by atoms with Crippen LogP contribution < -0.4 is 14.8 Å². The second-order valence-corrected chi connectivity index (χ2v) is 6.05. The molecule has 0 heterocycles. The third-order valence-electron chi connectivity index (χ3n) is 3.78. The Bertz CT molecular complexity index is 737. The van der Waals surface area contributed by atoms with E-state index in [9.17, 15) is 13.6 Å². The van der Waals surface area contributed by atoms with Gasteiger partial charge in [0.15, 0.2) is 11.6 Å². The van der Waals surface area contributed by atoms with Crippen molar-refractivity contribution in [3.8, 4) is 11.5 Å². The Morgan fingerprint density at radius 3 is 2.73 bits per heavy atom. The van der Waals surface area contributed by atoms with Crippen LogP contribution in [-0.2, 0) is 11.2 Å². The van der Waals surface area contributed by atoms with Gasteiger partial charge in [-0.2, -0.15) is 0 Å². The number of ether oxygens (including phenoxy) is 2. The first-order valence-electron chi connectivity index (χ1n) is 8.48. The van der Waals surface area contributed by atoms with Crippen LogP contribution in [0.3, 0.4) is 0 Å². The number of carbonyl (C=O) groups excluding carboxylic acids is 1. The fraction of sp³-hybridized carbons (Fsp3) is 0.350. The van der Waals surface area contributed by atoms with E-state index < -0.39 is 11.6 Å². The van der Waals surface area contributed by atoms with Crippen LogP contribution in [0.1, 0.15) is 25.3 Å². The summed E-state index contributed by atoms with van der Waals surface area (Å²) in [6.45, 7) is 2.11. The lowest BCUT2D eigenvalue weighted by atomic mass is 10.1. The lowest BCUT2D eigenvalue weighted by Crippen LogP contribution is -2.34. The van der Waals surface area contributed by atoms with Gasteiger partial charge in [0, 0.05) is 18.5 Å². The first-order valence-corrected chi connectivity index (χ1v) is 8.48. The minimum Gasteiger partial charge on any atom is -0.497 e. The Morgan fingerprint density at radius 1 is 1.19 bits per heavy atom. The molecule has 2 aromatic carbocycles. The summed E-state index contributed by atoms with van der Waals surface area (Å²) in [5.41, 5.74) is 1.08. The van der Waals surface area contributed by atoms with Crippen LogP contribution in [0.5, 0.6) is 11.5 Å². The van der Waals surface area contributed by atoms with E-state index in [1.807, 2.05) is 31.2 Å². The molecule has 0 fully saturated rings. The van der Waals surface area contributed by atoms with E-state index >= 15 is 0 Å². The fourth-order valence-electron chi connectivity index (χ4n) is 2.56. The van der Waals surface area contributed by atoms with Crippen molar-refractivity contribution in [1.29, 1.82) is 0 Å². The molecule has 2 aromatic rings. The molecule has 0 spiro atoms. The molecular weight excluding hydrogens is 340 g/mol. The number of nitrogens with one attached hydrogen (secondary N) is 1. The number of amides is 1. The largest absolute Gasteiger partial charge is 0.497 e. The summed E-state index contributed by atoms with van der Waals surface area (Å²) >= 11 is 0. The van der Waals surface area contributed by atoms with Crippen molar-refractivity contribution in [1.82, 2.24) is 5.32 Å². The van der Waals surface area contributed by atoms with Crippen molar-refractivity contribution < 1.29 is 23.0 Å². The highest BCUT2D eigenvalue weighted by Gasteiger charge is 2.10. The fourth-order valence-corrected chi connectivity index (χ4v) is 2.56. The Kier molecular flexibility index (Phi) is 7.38. The highest BCUT2D eigenvalue weighted by molar-refractivity contribution is 5.76. The maximum absolute atomic E-state index is 13.4. The van der Waals surface area contributed by atoms with Crippen LogP contribution in [0.25, 0.3) is 0 Å². The van der Waals surface area contributed by atoms with Crippen molar-refractivity contribution in [2.45, 2.75) is 32.2 Å². The van der Waals surface area contributed by atoms with Gasteiger partial charge in [0.05, 0.1) is 13.7 Å². The number of hydrogen-bond donors (Lipinski definition) is 1. The number of hydrogen-bond acceptors (Lipinski definition) is 3. The molecule has 0 aromatic heterocycles. The topological polar surface area (TPSA) is 47.6 Å². The first-order chi connectivity index (χ1) is 12.5. The predicted octanol–water partition coefficient (Wildman–Crippen LogP) is 3.88. The van der Waals surface area contributed by atoms with Gasteiger partial charge in [-0.25, -0.2) is 8.78 Å². The number of rotatable bonds is 9. The van der Waals surface area contributed by atoms with E-state index in [1.165, 1.54) is 6.07 Å². The molecule has 0 aliphatic heterocycles. The van der Waals surface area contributed by atoms with Crippen LogP contribution >= 0.6 is 0 Å². The highest BCUT2D eigenvalue weighted by atomic mass is 19.1. The lowest BCUT2D eigenvalue weighted by molar-refractivity contribution is -0.121. The van der Waals surface area contributed by atoms with Gasteiger partial charge in [-0.05, 0) is 49.6 Å². The van der Waals surface area contributed by atoms with Crippen LogP contribution in [0.2, 0.25) is 0 Å². The highest BCUT2D eigenvalue weighted by Crippen LogP contribution is 2.18. The molecule has 1 atom stereocenters. The van der Waals surface area contributed by atoms with Crippen molar-refractivity contribution in [3.63, 3.8) is 0 Å². The predicted molar refractivity (Wildman–Crippen MR) is 95.4 cm³/mol. The third-order valence-corrected chi connectivity index (χ3v) is 3.78. The summed E-state index contributed by atoms with van der Waals surface area (Å²) in [5, 5.41) is 2.92. The van der Waals surface area contributed by atoms with Crippen LogP contribution in [0, 0.1) is 11.6 Å². The van der Waals surface area contributed by atoms with Crippen molar-refractivity contribution in [3.05, 3.63) is 59.7 Å². The van der Waals surface area contributed by atoms with E-state index in [0.29, 0.717) is 12.8 Å². The quantitative estimate of drug-likeness (QED) is 0.688. The van der Waals surface area contributed by atoms with Gasteiger partial charge in [-0.3, -0.25) is 4.79 Å². The summed E-state index contributed by atoms with van der Waals surface area (Å²) in [7, 11) is 1.62. The summed E-state index contributed by atoms with van der Waals surface area (Å²) in [4.78, 5) is 12.0. The minimum absolute atomic E-state index is 0.0156. The van der Waals surface area contributed by atoms with Crippen LogP contribution in [0.15, 0.2) is 42.5 Å². The SMILES string of the molecule is COc1cccc(CC(C)NC(=O)CCCOc2ccc(F)cc2F)c1. The second kappa shape index (κ2) is 9.75. The number of methoxy groups -OCH3 is 1. The van der Waals surface area contributed by atoms with E-state index in [-0.39, 0.29) is 30.7 Å². The molecule has 1 amide bonds. The lowest BCUT2D eigenvalue weighted by Gasteiger charge is -2.14. The van der Waals surface area contributed by atoms with Gasteiger partial charge in [-0.1, -0.05) is 12.1 Å². The second-order valence-electron chi connectivity index (χ2n) is 6.05. The number of halogens is 2. The molecule has 1 N–H and O–H groups in total. The molecule has 26 heavy (non-hydrogen) atoms. The van der Waals surface area contributed by atoms with Gasteiger partial charge in [0.1, 0.15) is 11.6 Å². The Morgan fingerprint density at radius 2 is 2.00 bits per heavy atom. The molecule has 0 aliphatic rings. The van der Waals surface area contributed by atoms with Gasteiger partial charge < -0.3 is 14.8 Å². The normalized spacial score (nSPS) is 11.7. The zero-order valence-corrected chi connectivity index (χ0v) is 14.9. The summed E-state index contributed by atoms with van der Waals surface area (Å²) in [6, 6.07) is 10.8. The Labute approximate surface area is 152 Å². The molecule has 0 saturated heterocycles. The Hall–Kier alpha value is -2.63. The van der Waals surface area contributed by atoms with E-state index in [0.717, 1.165) is 23.4 Å². The first kappa shape index (κ1) is 19.7. The molecule has 0 radical (unpaired) electrons. The van der Waals surface area contributed by atoms with Gasteiger partial charge >= 0.3 is 0 Å². The van der Waals surface area contributed by atoms with Crippen molar-refractivity contribution in [2.24, 2.45) is 0 Å². The summed E-state index contributed by atoms with van der Waals surface area (Å²) in [5.74, 6) is -0.728. The minimum atomic E-state index is -0.749. The molecule has 0 aliphatic carbocycles. The molecule has 0 bridgehead atoms. The summed E-state index contributed by atoms with van der Waals surface area (Å²) in [6.07, 6.45) is 1.40.